The van der Waals surface area contributed by atoms with Gasteiger partial charge in [0.1, 0.15) is 25.0 Å². The lowest BCUT2D eigenvalue weighted by Gasteiger charge is -2.18. The SMILES string of the molecule is CCCCOC(Cn1cc[n+](CC(=O)c2ccc(Cl)s2)c1)c1ccc(Cl)cc1Cl. The monoisotopic (exact) mass is 471 g/mol. The van der Waals surface area contributed by atoms with Crippen LogP contribution in [0.5, 0.6) is 0 Å². The van der Waals surface area contributed by atoms with Crippen molar-refractivity contribution in [3.63, 3.8) is 0 Å². The highest BCUT2D eigenvalue weighted by atomic mass is 35.5. The first-order valence-electron chi connectivity index (χ1n) is 9.36. The average Bonchev–Trinajstić information content (AvgIpc) is 3.30. The summed E-state index contributed by atoms with van der Waals surface area (Å²) in [6.45, 7) is 3.61. The Morgan fingerprint density at radius 1 is 1.24 bits per heavy atom. The number of hydrogen-bond donors (Lipinski definition) is 0. The molecule has 0 aliphatic carbocycles. The van der Waals surface area contributed by atoms with Crippen LogP contribution in [0, 0.1) is 0 Å². The molecule has 3 rings (SSSR count). The van der Waals surface area contributed by atoms with Crippen molar-refractivity contribution in [1.29, 1.82) is 0 Å². The highest BCUT2D eigenvalue weighted by Gasteiger charge is 2.20. The molecular formula is C21H22Cl3N2O2S+. The number of ether oxygens (including phenoxy) is 1. The van der Waals surface area contributed by atoms with E-state index in [1.165, 1.54) is 11.3 Å². The molecule has 1 atom stereocenters. The van der Waals surface area contributed by atoms with Gasteiger partial charge in [0.25, 0.3) is 0 Å². The fourth-order valence-electron chi connectivity index (χ4n) is 2.91. The quantitative estimate of drug-likeness (QED) is 0.199. The maximum absolute atomic E-state index is 12.4. The minimum atomic E-state index is -0.209. The van der Waals surface area contributed by atoms with Crippen LogP contribution in [0.2, 0.25) is 14.4 Å². The molecule has 0 aliphatic rings. The average molecular weight is 473 g/mol. The summed E-state index contributed by atoms with van der Waals surface area (Å²) in [5.41, 5.74) is 0.900. The number of benzene rings is 1. The lowest BCUT2D eigenvalue weighted by Crippen LogP contribution is -2.35. The zero-order valence-electron chi connectivity index (χ0n) is 16.0. The second-order valence-electron chi connectivity index (χ2n) is 6.69. The molecule has 1 unspecified atom stereocenters. The van der Waals surface area contributed by atoms with Crippen LogP contribution in [0.25, 0.3) is 0 Å². The Morgan fingerprint density at radius 3 is 2.76 bits per heavy atom. The van der Waals surface area contributed by atoms with Crippen LogP contribution in [-0.2, 0) is 17.8 Å². The van der Waals surface area contributed by atoms with E-state index in [9.17, 15) is 4.79 Å². The smallest absolute Gasteiger partial charge is 0.244 e. The van der Waals surface area contributed by atoms with Crippen LogP contribution < -0.4 is 4.57 Å². The summed E-state index contributed by atoms with van der Waals surface area (Å²) < 4.78 is 10.6. The number of carbonyl (C=O) groups excluding carboxylic acids is 1. The molecule has 0 N–H and O–H groups in total. The topological polar surface area (TPSA) is 35.1 Å². The molecule has 0 amide bonds. The number of Topliss-reactive ketones (excluding diaryl/α,β-unsaturated/α-hetero) is 1. The Labute approximate surface area is 189 Å². The maximum atomic E-state index is 12.4. The number of rotatable bonds is 10. The molecule has 8 heteroatoms. The normalized spacial score (nSPS) is 12.3. The van der Waals surface area contributed by atoms with E-state index in [1.807, 2.05) is 40.0 Å². The molecule has 4 nitrogen and oxygen atoms in total. The van der Waals surface area contributed by atoms with E-state index in [1.54, 1.807) is 18.2 Å². The van der Waals surface area contributed by atoms with Crippen molar-refractivity contribution in [1.82, 2.24) is 4.57 Å². The Kier molecular flexibility index (Phi) is 8.16. The summed E-state index contributed by atoms with van der Waals surface area (Å²) in [5.74, 6) is 0.0288. The van der Waals surface area contributed by atoms with Crippen molar-refractivity contribution in [2.45, 2.75) is 39.0 Å². The van der Waals surface area contributed by atoms with E-state index in [4.69, 9.17) is 39.5 Å². The highest BCUT2D eigenvalue weighted by molar-refractivity contribution is 7.18. The highest BCUT2D eigenvalue weighted by Crippen LogP contribution is 2.30. The first kappa shape index (κ1) is 22.3. The number of hydrogen-bond acceptors (Lipinski definition) is 3. The molecule has 2 aromatic heterocycles. The molecular weight excluding hydrogens is 451 g/mol. The predicted octanol–water partition coefficient (Wildman–Crippen LogP) is 6.24. The Morgan fingerprint density at radius 2 is 2.07 bits per heavy atom. The number of carbonyl (C=O) groups is 1. The Bertz CT molecular complexity index is 970. The summed E-state index contributed by atoms with van der Waals surface area (Å²) in [6.07, 6.45) is 7.52. The molecule has 29 heavy (non-hydrogen) atoms. The molecule has 1 aromatic carbocycles. The van der Waals surface area contributed by atoms with Gasteiger partial charge in [0, 0.05) is 22.2 Å². The van der Waals surface area contributed by atoms with Crippen molar-refractivity contribution in [2.75, 3.05) is 6.61 Å². The number of nitrogens with zero attached hydrogens (tertiary/aromatic N) is 2. The minimum Gasteiger partial charge on any atom is -0.369 e. The second kappa shape index (κ2) is 10.6. The van der Waals surface area contributed by atoms with Crippen LogP contribution in [0.15, 0.2) is 49.1 Å². The second-order valence-corrected chi connectivity index (χ2v) is 9.25. The molecule has 0 saturated carbocycles. The van der Waals surface area contributed by atoms with E-state index in [2.05, 4.69) is 6.92 Å². The van der Waals surface area contributed by atoms with Crippen LogP contribution in [0.3, 0.4) is 0 Å². The third-order valence-corrected chi connectivity index (χ3v) is 6.26. The van der Waals surface area contributed by atoms with Gasteiger partial charge in [-0.3, -0.25) is 4.79 Å². The van der Waals surface area contributed by atoms with Gasteiger partial charge in [0.15, 0.2) is 6.54 Å². The van der Waals surface area contributed by atoms with Crippen LogP contribution in [-0.4, -0.2) is 17.0 Å². The van der Waals surface area contributed by atoms with Crippen molar-refractivity contribution in [2.24, 2.45) is 0 Å². The van der Waals surface area contributed by atoms with E-state index in [-0.39, 0.29) is 18.4 Å². The fraction of sp³-hybridized carbons (Fsp3) is 0.333. The summed E-state index contributed by atoms with van der Waals surface area (Å²) in [6, 6.07) is 8.95. The minimum absolute atomic E-state index is 0.0288. The zero-order chi connectivity index (χ0) is 20.8. The Balaban J connectivity index is 1.71. The van der Waals surface area contributed by atoms with Gasteiger partial charge < -0.3 is 4.74 Å². The summed E-state index contributed by atoms with van der Waals surface area (Å²) in [4.78, 5) is 13.1. The van der Waals surface area contributed by atoms with Gasteiger partial charge >= 0.3 is 0 Å². The predicted molar refractivity (Wildman–Crippen MR) is 118 cm³/mol. The molecule has 0 radical (unpaired) electrons. The lowest BCUT2D eigenvalue weighted by atomic mass is 10.1. The van der Waals surface area contributed by atoms with Gasteiger partial charge in [-0.25, -0.2) is 9.13 Å². The van der Waals surface area contributed by atoms with Gasteiger partial charge in [-0.1, -0.05) is 54.2 Å². The third-order valence-electron chi connectivity index (χ3n) is 4.42. The van der Waals surface area contributed by atoms with Gasteiger partial charge in [-0.05, 0) is 30.7 Å². The third kappa shape index (κ3) is 6.30. The van der Waals surface area contributed by atoms with Gasteiger partial charge in [-0.2, -0.15) is 0 Å². The van der Waals surface area contributed by atoms with Crippen LogP contribution >= 0.6 is 46.1 Å². The first-order chi connectivity index (χ1) is 14.0. The molecule has 0 aliphatic heterocycles. The number of halogens is 3. The maximum Gasteiger partial charge on any atom is 0.244 e. The van der Waals surface area contributed by atoms with Crippen molar-refractivity contribution < 1.29 is 14.1 Å². The van der Waals surface area contributed by atoms with E-state index >= 15 is 0 Å². The zero-order valence-corrected chi connectivity index (χ0v) is 19.1. The number of unbranched alkanes of at least 4 members (excludes halogenated alkanes) is 1. The van der Waals surface area contributed by atoms with E-state index < -0.39 is 0 Å². The molecule has 0 spiro atoms. The molecule has 0 fully saturated rings. The summed E-state index contributed by atoms with van der Waals surface area (Å²) >= 11 is 19.7. The number of imidazole rings is 1. The van der Waals surface area contributed by atoms with Crippen LogP contribution in [0.4, 0.5) is 0 Å². The van der Waals surface area contributed by atoms with Crippen molar-refractivity contribution >= 4 is 51.9 Å². The summed E-state index contributed by atoms with van der Waals surface area (Å²) in [5, 5.41) is 1.18. The van der Waals surface area contributed by atoms with Crippen molar-refractivity contribution in [3.05, 3.63) is 73.9 Å². The van der Waals surface area contributed by atoms with E-state index in [0.29, 0.717) is 32.4 Å². The van der Waals surface area contributed by atoms with Gasteiger partial charge in [-0.15, -0.1) is 11.3 Å². The molecule has 2 heterocycles. The Hall–Kier alpha value is -1.37. The molecule has 0 bridgehead atoms. The largest absolute Gasteiger partial charge is 0.369 e. The number of aromatic nitrogens is 2. The fourth-order valence-corrected chi connectivity index (χ4v) is 4.42. The number of ketones is 1. The summed E-state index contributed by atoms with van der Waals surface area (Å²) in [7, 11) is 0. The number of thiophene rings is 1. The van der Waals surface area contributed by atoms with E-state index in [0.717, 1.165) is 18.4 Å². The molecule has 154 valence electrons. The van der Waals surface area contributed by atoms with Crippen LogP contribution in [0.1, 0.15) is 41.1 Å². The van der Waals surface area contributed by atoms with Gasteiger partial charge in [0.2, 0.25) is 12.1 Å². The lowest BCUT2D eigenvalue weighted by molar-refractivity contribution is -0.682. The molecule has 3 aromatic rings. The first-order valence-corrected chi connectivity index (χ1v) is 11.3. The standard InChI is InChI=1S/C21H22Cl3N2O2S/c1-2-3-10-28-19(16-5-4-15(22)11-17(16)23)13-26-9-8-25(14-26)12-18(27)20-6-7-21(24)29-20/h4-9,11,14,19H,2-3,10,12-13H2,1H3/q+1. The van der Waals surface area contributed by atoms with Crippen molar-refractivity contribution in [3.8, 4) is 0 Å². The molecule has 0 saturated heterocycles. The van der Waals surface area contributed by atoms with Gasteiger partial charge in [0.05, 0.1) is 9.21 Å².